The lowest BCUT2D eigenvalue weighted by Crippen LogP contribution is -2.45. The fourth-order valence-electron chi connectivity index (χ4n) is 2.93. The molecule has 0 bridgehead atoms. The zero-order chi connectivity index (χ0) is 20.2. The number of anilines is 1. The first-order chi connectivity index (χ1) is 14.1. The van der Waals surface area contributed by atoms with E-state index in [1.54, 1.807) is 0 Å². The monoisotopic (exact) mass is 415 g/mol. The number of rotatable bonds is 8. The Hall–Kier alpha value is -2.42. The maximum absolute atomic E-state index is 13.1. The summed E-state index contributed by atoms with van der Waals surface area (Å²) in [6.45, 7) is 1.46. The van der Waals surface area contributed by atoms with Gasteiger partial charge in [0.25, 0.3) is 5.91 Å². The van der Waals surface area contributed by atoms with Crippen molar-refractivity contribution in [3.05, 3.63) is 59.9 Å². The first-order valence-corrected chi connectivity index (χ1v) is 10.4. The number of ether oxygens (including phenoxy) is 1. The quantitative estimate of drug-likeness (QED) is 0.578. The van der Waals surface area contributed by atoms with Crippen LogP contribution in [0.2, 0.25) is 0 Å². The van der Waals surface area contributed by atoms with Crippen LogP contribution in [0, 0.1) is 11.7 Å². The molecule has 2 aromatic rings. The number of halogens is 1. The normalized spacial score (nSPS) is 17.3. The minimum absolute atomic E-state index is 0.128. The maximum Gasteiger partial charge on any atom is 0.251 e. The Balaban J connectivity index is 1.33. The molecule has 0 aromatic heterocycles. The van der Waals surface area contributed by atoms with Crippen molar-refractivity contribution in [2.75, 3.05) is 18.5 Å². The van der Waals surface area contributed by atoms with Crippen LogP contribution < -0.4 is 15.4 Å². The summed E-state index contributed by atoms with van der Waals surface area (Å²) in [7, 11) is 0. The van der Waals surface area contributed by atoms with E-state index < -0.39 is 11.9 Å². The molecule has 4 rings (SSSR count). The third-order valence-electron chi connectivity index (χ3n) is 4.87. The molecule has 0 spiro atoms. The van der Waals surface area contributed by atoms with Crippen molar-refractivity contribution < 1.29 is 18.7 Å². The molecule has 1 aliphatic heterocycles. The van der Waals surface area contributed by atoms with Crippen molar-refractivity contribution in [1.29, 1.82) is 0 Å². The Morgan fingerprint density at radius 2 is 1.72 bits per heavy atom. The van der Waals surface area contributed by atoms with Gasteiger partial charge >= 0.3 is 0 Å². The van der Waals surface area contributed by atoms with Gasteiger partial charge < -0.3 is 15.4 Å². The Bertz CT molecular complexity index is 868. The highest BCUT2D eigenvalue weighted by Gasteiger charge is 2.37. The minimum atomic E-state index is -0.609. The van der Waals surface area contributed by atoms with Gasteiger partial charge in [0, 0.05) is 16.1 Å². The van der Waals surface area contributed by atoms with Gasteiger partial charge in [0.15, 0.2) is 0 Å². The van der Waals surface area contributed by atoms with E-state index in [1.807, 2.05) is 24.3 Å². The molecule has 8 heteroatoms. The number of nitrogens with one attached hydrogen (secondary N) is 3. The van der Waals surface area contributed by atoms with E-state index in [4.69, 9.17) is 4.74 Å². The molecular formula is C21H22FN3O3S. The van der Waals surface area contributed by atoms with Crippen LogP contribution in [-0.2, 0) is 9.53 Å². The van der Waals surface area contributed by atoms with E-state index >= 15 is 0 Å². The summed E-state index contributed by atoms with van der Waals surface area (Å²) in [5, 5.41) is 5.67. The second-order valence-electron chi connectivity index (χ2n) is 7.26. The van der Waals surface area contributed by atoms with Crippen molar-refractivity contribution in [3.8, 4) is 0 Å². The largest absolute Gasteiger partial charge is 0.378 e. The molecular weight excluding hydrogens is 393 g/mol. The molecule has 2 amide bonds. The summed E-state index contributed by atoms with van der Waals surface area (Å²) >= 11 is 1.53. The molecule has 1 saturated heterocycles. The van der Waals surface area contributed by atoms with Crippen LogP contribution in [0.25, 0.3) is 0 Å². The summed E-state index contributed by atoms with van der Waals surface area (Å²) in [6, 6.07) is 12.6. The van der Waals surface area contributed by atoms with Crippen molar-refractivity contribution in [2.24, 2.45) is 5.92 Å². The molecule has 152 valence electrons. The number of hydrogen-bond acceptors (Lipinski definition) is 5. The molecule has 1 saturated carbocycles. The van der Waals surface area contributed by atoms with Crippen LogP contribution in [-0.4, -0.2) is 37.1 Å². The molecule has 2 aromatic carbocycles. The standard InChI is InChI=1S/C21H22FN3O3S/c22-15-5-3-14(4-6-15)20(26)24-19(13-1-2-13)21(27)23-16-7-9-18(10-8-16)29-25-17-11-28-12-17/h3-10,13,17,19,25H,1-2,11-12H2,(H,23,27)(H,24,26). The zero-order valence-corrected chi connectivity index (χ0v) is 16.5. The van der Waals surface area contributed by atoms with E-state index in [2.05, 4.69) is 15.4 Å². The predicted octanol–water partition coefficient (Wildman–Crippen LogP) is 2.97. The molecule has 29 heavy (non-hydrogen) atoms. The van der Waals surface area contributed by atoms with Crippen LogP contribution in [0.15, 0.2) is 53.4 Å². The lowest BCUT2D eigenvalue weighted by molar-refractivity contribution is -0.118. The summed E-state index contributed by atoms with van der Waals surface area (Å²) in [5.41, 5.74) is 1.00. The molecule has 1 heterocycles. The highest BCUT2D eigenvalue weighted by molar-refractivity contribution is 7.97. The third-order valence-corrected chi connectivity index (χ3v) is 5.83. The highest BCUT2D eigenvalue weighted by Crippen LogP contribution is 2.33. The molecule has 2 fully saturated rings. The first-order valence-electron chi connectivity index (χ1n) is 9.56. The van der Waals surface area contributed by atoms with Crippen LogP contribution >= 0.6 is 11.9 Å². The van der Waals surface area contributed by atoms with Gasteiger partial charge in [-0.25, -0.2) is 4.39 Å². The van der Waals surface area contributed by atoms with Crippen molar-refractivity contribution in [3.63, 3.8) is 0 Å². The van der Waals surface area contributed by atoms with E-state index in [0.717, 1.165) is 31.0 Å². The van der Waals surface area contributed by atoms with Gasteiger partial charge in [-0.1, -0.05) is 0 Å². The van der Waals surface area contributed by atoms with Gasteiger partial charge in [-0.3, -0.25) is 14.3 Å². The Morgan fingerprint density at radius 1 is 1.03 bits per heavy atom. The topological polar surface area (TPSA) is 79.5 Å². The van der Waals surface area contributed by atoms with Gasteiger partial charge in [-0.15, -0.1) is 0 Å². The number of hydrogen-bond donors (Lipinski definition) is 3. The number of amides is 2. The Kier molecular flexibility index (Phi) is 6.13. The molecule has 1 aliphatic carbocycles. The molecule has 0 radical (unpaired) electrons. The van der Waals surface area contributed by atoms with Gasteiger partial charge in [0.2, 0.25) is 5.91 Å². The lowest BCUT2D eigenvalue weighted by atomic mass is 10.1. The third kappa shape index (κ3) is 5.35. The molecule has 3 N–H and O–H groups in total. The minimum Gasteiger partial charge on any atom is -0.378 e. The fourth-order valence-corrected chi connectivity index (χ4v) is 3.65. The van der Waals surface area contributed by atoms with Gasteiger partial charge in [0.05, 0.1) is 19.3 Å². The SMILES string of the molecule is O=C(NC(C(=O)Nc1ccc(SNC2COC2)cc1)C1CC1)c1ccc(F)cc1. The summed E-state index contributed by atoms with van der Waals surface area (Å²) < 4.78 is 21.5. The van der Waals surface area contributed by atoms with Crippen LogP contribution in [0.5, 0.6) is 0 Å². The van der Waals surface area contributed by atoms with Gasteiger partial charge in [-0.2, -0.15) is 0 Å². The lowest BCUT2D eigenvalue weighted by Gasteiger charge is -2.26. The predicted molar refractivity (Wildman–Crippen MR) is 109 cm³/mol. The molecule has 1 atom stereocenters. The smallest absolute Gasteiger partial charge is 0.251 e. The summed E-state index contributed by atoms with van der Waals surface area (Å²) in [4.78, 5) is 26.2. The first kappa shape index (κ1) is 19.9. The Labute approximate surface area is 172 Å². The fraction of sp³-hybridized carbons (Fsp3) is 0.333. The van der Waals surface area contributed by atoms with E-state index in [1.165, 1.54) is 36.2 Å². The second-order valence-corrected chi connectivity index (χ2v) is 8.17. The van der Waals surface area contributed by atoms with Gasteiger partial charge in [-0.05, 0) is 79.2 Å². The Morgan fingerprint density at radius 3 is 2.31 bits per heavy atom. The maximum atomic E-state index is 13.1. The molecule has 2 aliphatic rings. The van der Waals surface area contributed by atoms with Gasteiger partial charge in [0.1, 0.15) is 11.9 Å². The highest BCUT2D eigenvalue weighted by atomic mass is 32.2. The second kappa shape index (κ2) is 8.94. The average Bonchev–Trinajstić information content (AvgIpc) is 3.51. The van der Waals surface area contributed by atoms with E-state index in [0.29, 0.717) is 17.3 Å². The average molecular weight is 415 g/mol. The number of carbonyl (C=O) groups is 2. The van der Waals surface area contributed by atoms with E-state index in [-0.39, 0.29) is 17.7 Å². The van der Waals surface area contributed by atoms with Crippen LogP contribution in [0.3, 0.4) is 0 Å². The molecule has 6 nitrogen and oxygen atoms in total. The molecule has 1 unspecified atom stereocenters. The van der Waals surface area contributed by atoms with Crippen molar-refractivity contribution in [1.82, 2.24) is 10.0 Å². The van der Waals surface area contributed by atoms with Crippen LogP contribution in [0.1, 0.15) is 23.2 Å². The van der Waals surface area contributed by atoms with Crippen molar-refractivity contribution in [2.45, 2.75) is 29.8 Å². The number of carbonyl (C=O) groups excluding carboxylic acids is 2. The zero-order valence-electron chi connectivity index (χ0n) is 15.7. The summed E-state index contributed by atoms with van der Waals surface area (Å²) in [5.74, 6) is -0.901. The number of benzene rings is 2. The van der Waals surface area contributed by atoms with Crippen LogP contribution in [0.4, 0.5) is 10.1 Å². The summed E-state index contributed by atoms with van der Waals surface area (Å²) in [6.07, 6.45) is 1.79. The van der Waals surface area contributed by atoms with Crippen molar-refractivity contribution >= 4 is 29.4 Å². The van der Waals surface area contributed by atoms with E-state index in [9.17, 15) is 14.0 Å².